The molecule has 33 heavy (non-hydrogen) atoms. The van der Waals surface area contributed by atoms with Gasteiger partial charge in [0.1, 0.15) is 5.82 Å². The smallest absolute Gasteiger partial charge is 0.171 e. The van der Waals surface area contributed by atoms with E-state index in [0.717, 1.165) is 38.5 Å². The van der Waals surface area contributed by atoms with Crippen LogP contribution in [0.25, 0.3) is 11.1 Å². The molecule has 2 atom stereocenters. The van der Waals surface area contributed by atoms with Gasteiger partial charge in [0.05, 0.1) is 6.61 Å². The summed E-state index contributed by atoms with van der Waals surface area (Å²) in [5, 5.41) is 0. The molecule has 0 bridgehead atoms. The highest BCUT2D eigenvalue weighted by Crippen LogP contribution is 2.51. The number of hydrogen-bond acceptors (Lipinski definition) is 1. The first-order valence-corrected chi connectivity index (χ1v) is 12.1. The molecule has 0 N–H and O–H groups in total. The van der Waals surface area contributed by atoms with E-state index in [9.17, 15) is 4.39 Å². The Morgan fingerprint density at radius 1 is 0.909 bits per heavy atom. The minimum Gasteiger partial charge on any atom is -0.490 e. The van der Waals surface area contributed by atoms with Crippen LogP contribution in [0.15, 0.2) is 36.9 Å². The van der Waals surface area contributed by atoms with E-state index in [1.807, 2.05) is 13.0 Å². The van der Waals surface area contributed by atoms with Crippen LogP contribution in [-0.2, 0) is 6.42 Å². The van der Waals surface area contributed by atoms with E-state index in [2.05, 4.69) is 6.58 Å². The average Bonchev–Trinajstić information content (AvgIpc) is 2.82. The second kappa shape index (κ2) is 10.3. The van der Waals surface area contributed by atoms with Gasteiger partial charge in [-0.1, -0.05) is 50.5 Å². The topological polar surface area (TPSA) is 9.23 Å². The van der Waals surface area contributed by atoms with Gasteiger partial charge in [0.2, 0.25) is 0 Å². The molecule has 1 fully saturated rings. The van der Waals surface area contributed by atoms with Crippen molar-refractivity contribution in [2.45, 2.75) is 70.6 Å². The van der Waals surface area contributed by atoms with Crippen molar-refractivity contribution < 1.29 is 22.3 Å². The molecule has 0 saturated heterocycles. The lowest BCUT2D eigenvalue weighted by Crippen LogP contribution is -2.21. The zero-order chi connectivity index (χ0) is 23.5. The maximum Gasteiger partial charge on any atom is 0.171 e. The fourth-order valence-electron chi connectivity index (χ4n) is 5.33. The molecule has 0 heterocycles. The molecule has 2 aliphatic carbocycles. The summed E-state index contributed by atoms with van der Waals surface area (Å²) in [6, 6.07) is 6.14. The molecule has 0 amide bonds. The number of ether oxygens (including phenoxy) is 1. The molecule has 0 aromatic heterocycles. The number of allylic oxidation sites excluding steroid dienone is 1. The maximum atomic E-state index is 15.3. The molecular weight excluding hydrogens is 428 g/mol. The summed E-state index contributed by atoms with van der Waals surface area (Å²) in [6.07, 6.45) is 4.99. The van der Waals surface area contributed by atoms with Gasteiger partial charge >= 0.3 is 0 Å². The van der Waals surface area contributed by atoms with Gasteiger partial charge < -0.3 is 4.74 Å². The number of benzene rings is 2. The number of hydrogen-bond donors (Lipinski definition) is 0. The van der Waals surface area contributed by atoms with Gasteiger partial charge in [-0.2, -0.15) is 0 Å². The summed E-state index contributed by atoms with van der Waals surface area (Å²) >= 11 is 0. The van der Waals surface area contributed by atoms with Gasteiger partial charge in [0, 0.05) is 11.1 Å². The molecule has 4 rings (SSSR count). The maximum absolute atomic E-state index is 15.3. The van der Waals surface area contributed by atoms with Gasteiger partial charge in [-0.3, -0.25) is 0 Å². The Hall–Kier alpha value is -2.30. The van der Waals surface area contributed by atoms with Crippen LogP contribution in [0.3, 0.4) is 0 Å². The predicted molar refractivity (Wildman–Crippen MR) is 124 cm³/mol. The van der Waals surface area contributed by atoms with Crippen LogP contribution in [0, 0.1) is 23.5 Å². The van der Waals surface area contributed by atoms with E-state index < -0.39 is 24.0 Å². The normalized spacial score (nSPS) is 24.2. The lowest BCUT2D eigenvalue weighted by atomic mass is 9.80. The molecule has 2 aliphatic rings. The highest BCUT2D eigenvalue weighted by atomic mass is 19.2. The van der Waals surface area contributed by atoms with Gasteiger partial charge in [0.15, 0.2) is 23.9 Å². The molecule has 1 nitrogen and oxygen atoms in total. The molecule has 2 unspecified atom stereocenters. The van der Waals surface area contributed by atoms with Crippen molar-refractivity contribution in [3.63, 3.8) is 0 Å². The van der Waals surface area contributed by atoms with E-state index in [-0.39, 0.29) is 28.0 Å². The van der Waals surface area contributed by atoms with Gasteiger partial charge in [-0.25, -0.2) is 17.6 Å². The summed E-state index contributed by atoms with van der Waals surface area (Å²) in [5.74, 6) is -0.649. The summed E-state index contributed by atoms with van der Waals surface area (Å²) in [7, 11) is 0. The summed E-state index contributed by atoms with van der Waals surface area (Å²) in [6.45, 7) is 6.02. The third-order valence-electron chi connectivity index (χ3n) is 7.24. The molecule has 1 saturated carbocycles. The second-order valence-electron chi connectivity index (χ2n) is 9.46. The Labute approximate surface area is 193 Å². The summed E-state index contributed by atoms with van der Waals surface area (Å²) in [5.41, 5.74) is 0.0904. The van der Waals surface area contributed by atoms with Crippen molar-refractivity contribution in [2.75, 3.05) is 6.61 Å². The number of halogens is 4. The molecule has 5 heteroatoms. The van der Waals surface area contributed by atoms with Gasteiger partial charge in [-0.05, 0) is 66.7 Å². The van der Waals surface area contributed by atoms with E-state index in [1.54, 1.807) is 12.1 Å². The summed E-state index contributed by atoms with van der Waals surface area (Å²) < 4.78 is 66.1. The van der Waals surface area contributed by atoms with Crippen molar-refractivity contribution in [1.82, 2.24) is 0 Å². The van der Waals surface area contributed by atoms with Gasteiger partial charge in [0.25, 0.3) is 0 Å². The lowest BCUT2D eigenvalue weighted by molar-refractivity contribution is 0.155. The number of rotatable bonds is 8. The standard InChI is InChI=1S/C28H32F4O/c1-3-5-7-17-8-10-18(11-9-17)16-33-22-15-14-21-20-13-12-19(6-4-2)25(29)23(20)27(31)28(32)24(21)26(22)30/h3,12-15,17-18,27-28H,1,4-11,16H2,2H3. The minimum atomic E-state index is -2.28. The van der Waals surface area contributed by atoms with Crippen LogP contribution in [0.4, 0.5) is 17.6 Å². The van der Waals surface area contributed by atoms with Crippen LogP contribution < -0.4 is 4.74 Å². The molecular formula is C28H32F4O. The highest BCUT2D eigenvalue weighted by Gasteiger charge is 2.40. The largest absolute Gasteiger partial charge is 0.490 e. The van der Waals surface area contributed by atoms with Crippen molar-refractivity contribution in [3.05, 3.63) is 65.2 Å². The number of alkyl halides is 2. The number of aryl methyl sites for hydroxylation is 1. The number of fused-ring (bicyclic) bond motifs is 3. The van der Waals surface area contributed by atoms with Crippen LogP contribution in [-0.4, -0.2) is 6.61 Å². The molecule has 178 valence electrons. The van der Waals surface area contributed by atoms with E-state index in [0.29, 0.717) is 36.8 Å². The lowest BCUT2D eigenvalue weighted by Gasteiger charge is -2.30. The quantitative estimate of drug-likeness (QED) is 0.283. The fraction of sp³-hybridized carbons (Fsp3) is 0.500. The fourth-order valence-corrected chi connectivity index (χ4v) is 5.33. The Kier molecular flexibility index (Phi) is 7.45. The molecule has 2 aromatic carbocycles. The van der Waals surface area contributed by atoms with Crippen molar-refractivity contribution in [3.8, 4) is 16.9 Å². The highest BCUT2D eigenvalue weighted by molar-refractivity contribution is 5.76. The molecule has 0 aliphatic heterocycles. The SMILES string of the molecule is C=CCCC1CCC(COc2ccc3c(c2F)C(F)C(F)c2c-3ccc(CCC)c2F)CC1. The van der Waals surface area contributed by atoms with Crippen LogP contribution in [0.5, 0.6) is 5.75 Å². The zero-order valence-corrected chi connectivity index (χ0v) is 19.2. The second-order valence-corrected chi connectivity index (χ2v) is 9.46. The Balaban J connectivity index is 1.53. The monoisotopic (exact) mass is 460 g/mol. The predicted octanol–water partition coefficient (Wildman–Crippen LogP) is 8.77. The third kappa shape index (κ3) is 4.69. The van der Waals surface area contributed by atoms with E-state index in [4.69, 9.17) is 4.74 Å². The van der Waals surface area contributed by atoms with Crippen molar-refractivity contribution >= 4 is 0 Å². The van der Waals surface area contributed by atoms with Crippen molar-refractivity contribution in [1.29, 1.82) is 0 Å². The molecule has 0 radical (unpaired) electrons. The van der Waals surface area contributed by atoms with Crippen LogP contribution >= 0.6 is 0 Å². The van der Waals surface area contributed by atoms with Crippen LogP contribution in [0.1, 0.15) is 80.9 Å². The van der Waals surface area contributed by atoms with Crippen molar-refractivity contribution in [2.24, 2.45) is 11.8 Å². The Morgan fingerprint density at radius 3 is 2.15 bits per heavy atom. The summed E-state index contributed by atoms with van der Waals surface area (Å²) in [4.78, 5) is 0. The average molecular weight is 461 g/mol. The molecule has 2 aromatic rings. The third-order valence-corrected chi connectivity index (χ3v) is 7.24. The first-order valence-electron chi connectivity index (χ1n) is 12.1. The van der Waals surface area contributed by atoms with Crippen LogP contribution in [0.2, 0.25) is 0 Å². The minimum absolute atomic E-state index is 0.0658. The first kappa shape index (κ1) is 23.8. The molecule has 0 spiro atoms. The van der Waals surface area contributed by atoms with E-state index in [1.165, 1.54) is 12.1 Å². The Morgan fingerprint density at radius 2 is 1.52 bits per heavy atom. The first-order chi connectivity index (χ1) is 16.0. The Bertz CT molecular complexity index is 994. The van der Waals surface area contributed by atoms with E-state index >= 15 is 13.2 Å². The zero-order valence-electron chi connectivity index (χ0n) is 19.2. The van der Waals surface area contributed by atoms with Gasteiger partial charge in [-0.15, -0.1) is 6.58 Å².